The third-order valence-electron chi connectivity index (χ3n) is 4.61. The number of nitrogens with zero attached hydrogens (tertiary/aromatic N) is 3. The van der Waals surface area contributed by atoms with Gasteiger partial charge in [0.05, 0.1) is 11.8 Å². The molecule has 2 aromatic carbocycles. The first-order valence-electron chi connectivity index (χ1n) is 8.69. The summed E-state index contributed by atoms with van der Waals surface area (Å²) in [5, 5.41) is 29.7. The van der Waals surface area contributed by atoms with E-state index in [0.29, 0.717) is 33.9 Å². The molecule has 0 fully saturated rings. The van der Waals surface area contributed by atoms with Gasteiger partial charge in [-0.15, -0.1) is 0 Å². The van der Waals surface area contributed by atoms with E-state index in [2.05, 4.69) is 21.8 Å². The van der Waals surface area contributed by atoms with Crippen molar-refractivity contribution in [3.63, 3.8) is 0 Å². The summed E-state index contributed by atoms with van der Waals surface area (Å²) < 4.78 is 1.60. The van der Waals surface area contributed by atoms with Crippen LogP contribution in [0.15, 0.2) is 72.1 Å². The van der Waals surface area contributed by atoms with Gasteiger partial charge in [-0.2, -0.15) is 10.4 Å². The van der Waals surface area contributed by atoms with Crippen LogP contribution in [0.1, 0.15) is 24.1 Å². The summed E-state index contributed by atoms with van der Waals surface area (Å²) in [6, 6.07) is 17.4. The molecule has 0 saturated carbocycles. The van der Waals surface area contributed by atoms with Crippen molar-refractivity contribution in [2.75, 3.05) is 10.6 Å². The van der Waals surface area contributed by atoms with Crippen molar-refractivity contribution in [2.45, 2.75) is 13.0 Å². The Hall–Kier alpha value is -4.05. The van der Waals surface area contributed by atoms with E-state index < -0.39 is 6.04 Å². The maximum Gasteiger partial charge on any atom is 0.255 e. The molecule has 4 rings (SSSR count). The monoisotopic (exact) mass is 371 g/mol. The molecule has 1 amide bonds. The Morgan fingerprint density at radius 2 is 2.04 bits per heavy atom. The number of hydrogen-bond acceptors (Lipinski definition) is 5. The van der Waals surface area contributed by atoms with Crippen molar-refractivity contribution in [1.29, 1.82) is 5.26 Å². The fourth-order valence-electron chi connectivity index (χ4n) is 3.35. The number of hydrogen-bond donors (Lipinski definition) is 3. The number of aromatic nitrogens is 2. The standard InChI is InChI=1S/C21H17N5O2/c1-13-18(21(28)25-16-7-3-2-4-8-16)19(14-6-5-9-17(27)10-14)26-20(24-13)15(11-22)12-23-26/h2-10,12,19,24,27H,1H3,(H,25,28)/t19-/m1/s1. The molecule has 1 aliphatic rings. The van der Waals surface area contributed by atoms with Gasteiger partial charge in [0.25, 0.3) is 5.91 Å². The second-order valence-corrected chi connectivity index (χ2v) is 6.44. The summed E-state index contributed by atoms with van der Waals surface area (Å²) in [6.45, 7) is 1.79. The Bertz CT molecular complexity index is 1130. The van der Waals surface area contributed by atoms with Crippen molar-refractivity contribution in [3.05, 3.63) is 83.2 Å². The molecular weight excluding hydrogens is 354 g/mol. The molecule has 2 heterocycles. The molecule has 0 spiro atoms. The number of carbonyl (C=O) groups excluding carboxylic acids is 1. The van der Waals surface area contributed by atoms with E-state index in [1.807, 2.05) is 24.3 Å². The highest BCUT2D eigenvalue weighted by Crippen LogP contribution is 2.38. The normalized spacial score (nSPS) is 15.4. The topological polar surface area (TPSA) is 103 Å². The molecule has 1 aromatic heterocycles. The highest BCUT2D eigenvalue weighted by Gasteiger charge is 2.34. The highest BCUT2D eigenvalue weighted by atomic mass is 16.3. The fourth-order valence-corrected chi connectivity index (χ4v) is 3.35. The predicted molar refractivity (Wildman–Crippen MR) is 105 cm³/mol. The van der Waals surface area contributed by atoms with Crippen LogP contribution in [-0.2, 0) is 4.79 Å². The Balaban J connectivity index is 1.83. The molecule has 138 valence electrons. The lowest BCUT2D eigenvalue weighted by atomic mass is 9.94. The number of phenols is 1. The van der Waals surface area contributed by atoms with Gasteiger partial charge in [0.15, 0.2) is 0 Å². The largest absolute Gasteiger partial charge is 0.508 e. The van der Waals surface area contributed by atoms with Gasteiger partial charge in [-0.25, -0.2) is 4.68 Å². The zero-order valence-corrected chi connectivity index (χ0v) is 15.0. The minimum atomic E-state index is -0.589. The minimum Gasteiger partial charge on any atom is -0.508 e. The molecule has 0 bridgehead atoms. The summed E-state index contributed by atoms with van der Waals surface area (Å²) in [4.78, 5) is 13.2. The van der Waals surface area contributed by atoms with Crippen LogP contribution in [-0.4, -0.2) is 20.8 Å². The second-order valence-electron chi connectivity index (χ2n) is 6.44. The van der Waals surface area contributed by atoms with Crippen LogP contribution >= 0.6 is 0 Å². The van der Waals surface area contributed by atoms with Crippen LogP contribution in [0.4, 0.5) is 11.5 Å². The third-order valence-corrected chi connectivity index (χ3v) is 4.61. The lowest BCUT2D eigenvalue weighted by Gasteiger charge is -2.30. The number of allylic oxidation sites excluding steroid dienone is 1. The van der Waals surface area contributed by atoms with Crippen LogP contribution < -0.4 is 10.6 Å². The number of anilines is 2. The maximum absolute atomic E-state index is 13.2. The summed E-state index contributed by atoms with van der Waals surface area (Å²) in [5.41, 5.74) is 2.81. The number of nitriles is 1. The molecule has 3 N–H and O–H groups in total. The highest BCUT2D eigenvalue weighted by molar-refractivity contribution is 6.06. The number of carbonyl (C=O) groups is 1. The van der Waals surface area contributed by atoms with Gasteiger partial charge in [0.2, 0.25) is 0 Å². The molecular formula is C21H17N5O2. The Kier molecular flexibility index (Phi) is 4.30. The molecule has 1 atom stereocenters. The number of rotatable bonds is 3. The molecule has 3 aromatic rings. The average molecular weight is 371 g/mol. The van der Waals surface area contributed by atoms with Gasteiger partial charge < -0.3 is 15.7 Å². The second kappa shape index (κ2) is 6.93. The summed E-state index contributed by atoms with van der Waals surface area (Å²) >= 11 is 0. The number of benzene rings is 2. The summed E-state index contributed by atoms with van der Waals surface area (Å²) in [5.74, 6) is 0.319. The third kappa shape index (κ3) is 2.97. The van der Waals surface area contributed by atoms with E-state index in [1.165, 1.54) is 6.20 Å². The number of para-hydroxylation sites is 1. The van der Waals surface area contributed by atoms with Crippen LogP contribution in [0.25, 0.3) is 0 Å². The minimum absolute atomic E-state index is 0.0886. The SMILES string of the molecule is CC1=C(C(=O)Nc2ccccc2)[C@@H](c2cccc(O)c2)n2ncc(C#N)c2N1. The lowest BCUT2D eigenvalue weighted by Crippen LogP contribution is -2.31. The van der Waals surface area contributed by atoms with Crippen LogP contribution in [0.2, 0.25) is 0 Å². The Morgan fingerprint density at radius 3 is 2.75 bits per heavy atom. The van der Waals surface area contributed by atoms with Gasteiger partial charge >= 0.3 is 0 Å². The Morgan fingerprint density at radius 1 is 1.25 bits per heavy atom. The van der Waals surface area contributed by atoms with Gasteiger partial charge in [-0.05, 0) is 36.8 Å². The quantitative estimate of drug-likeness (QED) is 0.655. The number of amides is 1. The van der Waals surface area contributed by atoms with Crippen LogP contribution in [0, 0.1) is 11.3 Å². The van der Waals surface area contributed by atoms with Crippen molar-refractivity contribution >= 4 is 17.4 Å². The first-order valence-corrected chi connectivity index (χ1v) is 8.69. The van der Waals surface area contributed by atoms with Crippen molar-refractivity contribution in [1.82, 2.24) is 9.78 Å². The van der Waals surface area contributed by atoms with E-state index in [4.69, 9.17) is 0 Å². The van der Waals surface area contributed by atoms with E-state index in [1.54, 1.807) is 41.9 Å². The zero-order chi connectivity index (χ0) is 19.7. The number of nitrogens with one attached hydrogen (secondary N) is 2. The molecule has 7 heteroatoms. The maximum atomic E-state index is 13.2. The fraction of sp³-hybridized carbons (Fsp3) is 0.0952. The number of phenolic OH excluding ortho intramolecular Hbond substituents is 1. The van der Waals surface area contributed by atoms with Crippen LogP contribution in [0.5, 0.6) is 5.75 Å². The molecule has 0 radical (unpaired) electrons. The summed E-state index contributed by atoms with van der Waals surface area (Å²) in [6.07, 6.45) is 1.46. The van der Waals surface area contributed by atoms with E-state index in [9.17, 15) is 15.2 Å². The predicted octanol–water partition coefficient (Wildman–Crippen LogP) is 3.39. The molecule has 0 saturated heterocycles. The first-order chi connectivity index (χ1) is 13.6. The number of fused-ring (bicyclic) bond motifs is 1. The van der Waals surface area contributed by atoms with E-state index in [0.717, 1.165) is 0 Å². The molecule has 28 heavy (non-hydrogen) atoms. The zero-order valence-electron chi connectivity index (χ0n) is 15.0. The van der Waals surface area contributed by atoms with Gasteiger partial charge in [-0.1, -0.05) is 30.3 Å². The lowest BCUT2D eigenvalue weighted by molar-refractivity contribution is -0.113. The van der Waals surface area contributed by atoms with E-state index >= 15 is 0 Å². The first kappa shape index (κ1) is 17.4. The average Bonchev–Trinajstić information content (AvgIpc) is 3.10. The molecule has 7 nitrogen and oxygen atoms in total. The Labute approximate surface area is 161 Å². The van der Waals surface area contributed by atoms with Gasteiger partial charge in [0.1, 0.15) is 29.2 Å². The smallest absolute Gasteiger partial charge is 0.255 e. The molecule has 1 aliphatic heterocycles. The van der Waals surface area contributed by atoms with Gasteiger partial charge in [0, 0.05) is 11.4 Å². The van der Waals surface area contributed by atoms with Crippen molar-refractivity contribution in [2.24, 2.45) is 0 Å². The van der Waals surface area contributed by atoms with Crippen molar-refractivity contribution < 1.29 is 9.90 Å². The molecule has 0 unspecified atom stereocenters. The van der Waals surface area contributed by atoms with Gasteiger partial charge in [-0.3, -0.25) is 4.79 Å². The molecule has 0 aliphatic carbocycles. The van der Waals surface area contributed by atoms with Crippen molar-refractivity contribution in [3.8, 4) is 11.8 Å². The van der Waals surface area contributed by atoms with Crippen LogP contribution in [0.3, 0.4) is 0 Å². The summed E-state index contributed by atoms with van der Waals surface area (Å²) in [7, 11) is 0. The number of aromatic hydroxyl groups is 1. The van der Waals surface area contributed by atoms with E-state index in [-0.39, 0.29) is 11.7 Å².